The van der Waals surface area contributed by atoms with Crippen LogP contribution in [0.1, 0.15) is 32.6 Å². The Kier molecular flexibility index (Phi) is 6.04. The van der Waals surface area contributed by atoms with Crippen LogP contribution in [0.5, 0.6) is 0 Å². The fraction of sp³-hybridized carbons (Fsp3) is 0.909. The molecule has 1 fully saturated rings. The summed E-state index contributed by atoms with van der Waals surface area (Å²) in [6.45, 7) is 3.90. The number of carboxylic acid groups (broad SMARTS) is 1. The smallest absolute Gasteiger partial charge is 0.304 e. The molecular formula is C11H22N2O4S. The standard InChI is InChI=1S/C11H22N2O4S/c1-2-9-18(16,17)12-10-3-6-13(7-4-10)8-5-11(14)15/h10,12H,2-9H2,1H3,(H,14,15). The summed E-state index contributed by atoms with van der Waals surface area (Å²) in [6.07, 6.45) is 2.27. The maximum absolute atomic E-state index is 11.6. The molecular weight excluding hydrogens is 256 g/mol. The van der Waals surface area contributed by atoms with Gasteiger partial charge in [-0.3, -0.25) is 4.79 Å². The van der Waals surface area contributed by atoms with Crippen LogP contribution in [-0.4, -0.2) is 55.8 Å². The quantitative estimate of drug-likeness (QED) is 0.697. The average Bonchev–Trinajstić information content (AvgIpc) is 2.27. The van der Waals surface area contributed by atoms with Crippen molar-refractivity contribution in [1.82, 2.24) is 9.62 Å². The molecule has 0 saturated carbocycles. The zero-order chi connectivity index (χ0) is 13.6. The predicted octanol–water partition coefficient (Wildman–Crippen LogP) is 0.255. The zero-order valence-corrected chi connectivity index (χ0v) is 11.6. The van der Waals surface area contributed by atoms with E-state index in [1.54, 1.807) is 0 Å². The summed E-state index contributed by atoms with van der Waals surface area (Å²) in [6, 6.07) is 0.00243. The summed E-state index contributed by atoms with van der Waals surface area (Å²) in [5.41, 5.74) is 0. The minimum Gasteiger partial charge on any atom is -0.481 e. The molecule has 7 heteroatoms. The molecule has 2 N–H and O–H groups in total. The van der Waals surface area contributed by atoms with Gasteiger partial charge >= 0.3 is 5.97 Å². The highest BCUT2D eigenvalue weighted by Crippen LogP contribution is 2.11. The van der Waals surface area contributed by atoms with Crippen molar-refractivity contribution in [2.45, 2.75) is 38.6 Å². The highest BCUT2D eigenvalue weighted by Gasteiger charge is 2.23. The molecule has 18 heavy (non-hydrogen) atoms. The van der Waals surface area contributed by atoms with E-state index in [-0.39, 0.29) is 18.2 Å². The van der Waals surface area contributed by atoms with Gasteiger partial charge in [0.05, 0.1) is 12.2 Å². The Morgan fingerprint density at radius 1 is 1.39 bits per heavy atom. The first kappa shape index (κ1) is 15.4. The summed E-state index contributed by atoms with van der Waals surface area (Å²) in [5.74, 6) is -0.618. The van der Waals surface area contributed by atoms with E-state index in [4.69, 9.17) is 5.11 Å². The van der Waals surface area contributed by atoms with Crippen LogP contribution in [0.4, 0.5) is 0 Å². The Morgan fingerprint density at radius 2 is 2.00 bits per heavy atom. The maximum Gasteiger partial charge on any atom is 0.304 e. The number of hydrogen-bond donors (Lipinski definition) is 2. The van der Waals surface area contributed by atoms with Crippen molar-refractivity contribution < 1.29 is 18.3 Å². The molecule has 0 amide bonds. The first-order valence-electron chi connectivity index (χ1n) is 6.37. The van der Waals surface area contributed by atoms with Gasteiger partial charge in [0.1, 0.15) is 0 Å². The number of nitrogens with zero attached hydrogens (tertiary/aromatic N) is 1. The van der Waals surface area contributed by atoms with Gasteiger partial charge in [0.15, 0.2) is 0 Å². The van der Waals surface area contributed by atoms with Gasteiger partial charge in [0.25, 0.3) is 0 Å². The van der Waals surface area contributed by atoms with Crippen LogP contribution in [0, 0.1) is 0 Å². The van der Waals surface area contributed by atoms with Gasteiger partial charge in [-0.25, -0.2) is 13.1 Å². The van der Waals surface area contributed by atoms with E-state index in [0.717, 1.165) is 25.9 Å². The summed E-state index contributed by atoms with van der Waals surface area (Å²) in [5, 5.41) is 8.59. The molecule has 6 nitrogen and oxygen atoms in total. The van der Waals surface area contributed by atoms with Crippen molar-refractivity contribution in [2.75, 3.05) is 25.4 Å². The number of rotatable bonds is 7. The second kappa shape index (κ2) is 7.06. The van der Waals surface area contributed by atoms with Gasteiger partial charge in [-0.05, 0) is 32.4 Å². The number of likely N-dealkylation sites (tertiary alicyclic amines) is 1. The Labute approximate surface area is 108 Å². The Bertz CT molecular complexity index is 361. The van der Waals surface area contributed by atoms with E-state index in [1.807, 2.05) is 6.92 Å². The molecule has 1 saturated heterocycles. The summed E-state index contributed by atoms with van der Waals surface area (Å²) in [7, 11) is -3.14. The normalized spacial score (nSPS) is 18.9. The molecule has 1 rings (SSSR count). The number of piperidine rings is 1. The first-order chi connectivity index (χ1) is 8.43. The zero-order valence-electron chi connectivity index (χ0n) is 10.8. The van der Waals surface area contributed by atoms with Crippen molar-refractivity contribution in [3.8, 4) is 0 Å². The molecule has 0 aromatic heterocycles. The average molecular weight is 278 g/mol. The van der Waals surface area contributed by atoms with Crippen molar-refractivity contribution in [3.05, 3.63) is 0 Å². The largest absolute Gasteiger partial charge is 0.481 e. The third-order valence-electron chi connectivity index (χ3n) is 3.05. The minimum absolute atomic E-state index is 0.00243. The summed E-state index contributed by atoms with van der Waals surface area (Å²) >= 11 is 0. The van der Waals surface area contributed by atoms with Crippen LogP contribution in [0.15, 0.2) is 0 Å². The van der Waals surface area contributed by atoms with E-state index < -0.39 is 16.0 Å². The van der Waals surface area contributed by atoms with Gasteiger partial charge in [0.2, 0.25) is 10.0 Å². The second-order valence-corrected chi connectivity index (χ2v) is 6.57. The molecule has 0 atom stereocenters. The van der Waals surface area contributed by atoms with Crippen LogP contribution in [0.3, 0.4) is 0 Å². The number of carboxylic acids is 1. The topological polar surface area (TPSA) is 86.7 Å². The Morgan fingerprint density at radius 3 is 2.50 bits per heavy atom. The maximum atomic E-state index is 11.6. The van der Waals surface area contributed by atoms with Crippen LogP contribution in [0.2, 0.25) is 0 Å². The van der Waals surface area contributed by atoms with Gasteiger partial charge in [-0.2, -0.15) is 0 Å². The summed E-state index contributed by atoms with van der Waals surface area (Å²) in [4.78, 5) is 12.5. The molecule has 0 aromatic rings. The monoisotopic (exact) mass is 278 g/mol. The van der Waals surface area contributed by atoms with Gasteiger partial charge in [-0.1, -0.05) is 6.92 Å². The number of carbonyl (C=O) groups is 1. The van der Waals surface area contributed by atoms with E-state index in [0.29, 0.717) is 13.0 Å². The van der Waals surface area contributed by atoms with Crippen molar-refractivity contribution in [1.29, 1.82) is 0 Å². The van der Waals surface area contributed by atoms with E-state index >= 15 is 0 Å². The highest BCUT2D eigenvalue weighted by atomic mass is 32.2. The van der Waals surface area contributed by atoms with Crippen LogP contribution in [0.25, 0.3) is 0 Å². The van der Waals surface area contributed by atoms with E-state index in [9.17, 15) is 13.2 Å². The molecule has 1 aliphatic rings. The molecule has 106 valence electrons. The molecule has 0 unspecified atom stereocenters. The van der Waals surface area contributed by atoms with Crippen molar-refractivity contribution in [3.63, 3.8) is 0 Å². The lowest BCUT2D eigenvalue weighted by Crippen LogP contribution is -2.45. The van der Waals surface area contributed by atoms with E-state index in [2.05, 4.69) is 9.62 Å². The summed E-state index contributed by atoms with van der Waals surface area (Å²) < 4.78 is 25.9. The van der Waals surface area contributed by atoms with Crippen molar-refractivity contribution in [2.24, 2.45) is 0 Å². The molecule has 0 aromatic carbocycles. The molecule has 0 bridgehead atoms. The van der Waals surface area contributed by atoms with Crippen LogP contribution < -0.4 is 4.72 Å². The van der Waals surface area contributed by atoms with Crippen LogP contribution >= 0.6 is 0 Å². The fourth-order valence-electron chi connectivity index (χ4n) is 2.11. The Balaban J connectivity index is 2.29. The second-order valence-electron chi connectivity index (χ2n) is 4.70. The third kappa shape index (κ3) is 5.79. The minimum atomic E-state index is -3.14. The molecule has 0 aliphatic carbocycles. The van der Waals surface area contributed by atoms with Crippen LogP contribution in [-0.2, 0) is 14.8 Å². The van der Waals surface area contributed by atoms with Gasteiger partial charge in [-0.15, -0.1) is 0 Å². The predicted molar refractivity (Wildman–Crippen MR) is 68.9 cm³/mol. The SMILES string of the molecule is CCCS(=O)(=O)NC1CCN(CCC(=O)O)CC1. The lowest BCUT2D eigenvalue weighted by Gasteiger charge is -2.31. The number of nitrogens with one attached hydrogen (secondary N) is 1. The lowest BCUT2D eigenvalue weighted by molar-refractivity contribution is -0.137. The highest BCUT2D eigenvalue weighted by molar-refractivity contribution is 7.89. The fourth-order valence-corrected chi connectivity index (χ4v) is 3.51. The van der Waals surface area contributed by atoms with Gasteiger partial charge in [0, 0.05) is 12.6 Å². The van der Waals surface area contributed by atoms with Crippen molar-refractivity contribution >= 4 is 16.0 Å². The third-order valence-corrected chi connectivity index (χ3v) is 4.69. The molecule has 1 aliphatic heterocycles. The van der Waals surface area contributed by atoms with E-state index in [1.165, 1.54) is 0 Å². The number of hydrogen-bond acceptors (Lipinski definition) is 4. The molecule has 0 radical (unpaired) electrons. The first-order valence-corrected chi connectivity index (χ1v) is 8.02. The van der Waals surface area contributed by atoms with Gasteiger partial charge < -0.3 is 10.0 Å². The molecule has 1 heterocycles. The molecule has 0 spiro atoms. The number of aliphatic carboxylic acids is 1. The Hall–Kier alpha value is -0.660. The lowest BCUT2D eigenvalue weighted by atomic mass is 10.1. The number of sulfonamides is 1.